The zero-order valence-corrected chi connectivity index (χ0v) is 20.1. The molecule has 0 bridgehead atoms. The standard InChI is InChI=1S/C24H32N4O3.CH2O2/c1-15(2)21(27-22(29)16(3)25-4)24(31)28-14-8-13-20(28)23(30)26-19-12-7-10-17-9-5-6-11-18(17)19;2-1-3/h5-7,9-12,15-16,20-21,25H,8,13-14H2,1-4H3,(H,26,30)(H,27,29);1H,(H,2,3)/t16-,20-,21+;/m0./s1. The van der Waals surface area contributed by atoms with Gasteiger partial charge in [-0.15, -0.1) is 0 Å². The Kier molecular flexibility index (Phi) is 10.0. The molecule has 3 rings (SSSR count). The highest BCUT2D eigenvalue weighted by molar-refractivity contribution is 6.05. The predicted octanol–water partition coefficient (Wildman–Crippen LogP) is 2.22. The largest absolute Gasteiger partial charge is 0.483 e. The fraction of sp³-hybridized carbons (Fsp3) is 0.440. The molecule has 1 aliphatic heterocycles. The lowest BCUT2D eigenvalue weighted by Crippen LogP contribution is -2.56. The van der Waals surface area contributed by atoms with Crippen LogP contribution in [0.25, 0.3) is 10.8 Å². The molecule has 0 spiro atoms. The van der Waals surface area contributed by atoms with E-state index in [0.717, 1.165) is 22.9 Å². The van der Waals surface area contributed by atoms with Crippen molar-refractivity contribution in [2.45, 2.75) is 51.7 Å². The van der Waals surface area contributed by atoms with E-state index in [0.29, 0.717) is 13.0 Å². The summed E-state index contributed by atoms with van der Waals surface area (Å²) in [5, 5.41) is 17.6. The number of anilines is 1. The molecule has 2 aromatic rings. The van der Waals surface area contributed by atoms with E-state index in [2.05, 4.69) is 16.0 Å². The lowest BCUT2D eigenvalue weighted by Gasteiger charge is -2.31. The molecule has 0 radical (unpaired) electrons. The summed E-state index contributed by atoms with van der Waals surface area (Å²) >= 11 is 0. The Morgan fingerprint density at radius 3 is 2.38 bits per heavy atom. The maximum absolute atomic E-state index is 13.3. The Labute approximate surface area is 199 Å². The summed E-state index contributed by atoms with van der Waals surface area (Å²) in [5.74, 6) is -0.727. The van der Waals surface area contributed by atoms with E-state index in [1.54, 1.807) is 18.9 Å². The van der Waals surface area contributed by atoms with E-state index in [4.69, 9.17) is 9.90 Å². The first-order valence-corrected chi connectivity index (χ1v) is 11.4. The second-order valence-corrected chi connectivity index (χ2v) is 8.55. The van der Waals surface area contributed by atoms with E-state index < -0.39 is 18.1 Å². The van der Waals surface area contributed by atoms with Crippen molar-refractivity contribution in [2.75, 3.05) is 18.9 Å². The normalized spacial score (nSPS) is 16.9. The minimum Gasteiger partial charge on any atom is -0.483 e. The highest BCUT2D eigenvalue weighted by atomic mass is 16.3. The fourth-order valence-corrected chi connectivity index (χ4v) is 3.96. The van der Waals surface area contributed by atoms with Crippen LogP contribution in [0.1, 0.15) is 33.6 Å². The number of amides is 3. The van der Waals surface area contributed by atoms with E-state index in [1.165, 1.54) is 0 Å². The van der Waals surface area contributed by atoms with Gasteiger partial charge in [0.15, 0.2) is 0 Å². The molecule has 1 aliphatic rings. The molecule has 1 heterocycles. The zero-order chi connectivity index (χ0) is 25.3. The van der Waals surface area contributed by atoms with Gasteiger partial charge in [0, 0.05) is 17.6 Å². The number of rotatable bonds is 7. The first-order valence-electron chi connectivity index (χ1n) is 11.4. The van der Waals surface area contributed by atoms with Gasteiger partial charge in [-0.05, 0) is 44.2 Å². The number of carbonyl (C=O) groups excluding carboxylic acids is 3. The molecule has 9 nitrogen and oxygen atoms in total. The van der Waals surface area contributed by atoms with Gasteiger partial charge in [0.2, 0.25) is 17.7 Å². The molecule has 2 aromatic carbocycles. The molecule has 3 amide bonds. The fourth-order valence-electron chi connectivity index (χ4n) is 3.96. The molecule has 34 heavy (non-hydrogen) atoms. The average molecular weight is 471 g/mol. The highest BCUT2D eigenvalue weighted by Crippen LogP contribution is 2.26. The van der Waals surface area contributed by atoms with Crippen LogP contribution in [0.15, 0.2) is 42.5 Å². The molecule has 0 saturated carbocycles. The lowest BCUT2D eigenvalue weighted by molar-refractivity contribution is -0.141. The van der Waals surface area contributed by atoms with Gasteiger partial charge in [-0.2, -0.15) is 0 Å². The SMILES string of the molecule is CN[C@@H](C)C(=O)N[C@@H](C(=O)N1CCC[C@H]1C(=O)Nc1cccc2ccccc12)C(C)C.O=CO. The number of fused-ring (bicyclic) bond motifs is 1. The lowest BCUT2D eigenvalue weighted by atomic mass is 10.0. The molecule has 1 fully saturated rings. The number of carbonyl (C=O) groups is 4. The minimum atomic E-state index is -0.672. The van der Waals surface area contributed by atoms with E-state index in [-0.39, 0.29) is 30.1 Å². The van der Waals surface area contributed by atoms with Crippen molar-refractivity contribution in [3.05, 3.63) is 42.5 Å². The van der Waals surface area contributed by atoms with Crippen molar-refractivity contribution in [1.82, 2.24) is 15.5 Å². The number of likely N-dealkylation sites (tertiary alicyclic amines) is 1. The van der Waals surface area contributed by atoms with Crippen LogP contribution in [-0.4, -0.2) is 65.9 Å². The Hall–Kier alpha value is -3.46. The molecule has 4 N–H and O–H groups in total. The van der Waals surface area contributed by atoms with Gasteiger partial charge in [0.25, 0.3) is 6.47 Å². The maximum Gasteiger partial charge on any atom is 0.290 e. The van der Waals surface area contributed by atoms with Crippen LogP contribution in [0.3, 0.4) is 0 Å². The van der Waals surface area contributed by atoms with Crippen LogP contribution in [0.4, 0.5) is 5.69 Å². The van der Waals surface area contributed by atoms with Crippen LogP contribution in [0.2, 0.25) is 0 Å². The molecule has 9 heteroatoms. The van der Waals surface area contributed by atoms with Crippen LogP contribution in [-0.2, 0) is 19.2 Å². The van der Waals surface area contributed by atoms with Crippen LogP contribution in [0, 0.1) is 5.92 Å². The summed E-state index contributed by atoms with van der Waals surface area (Å²) in [6, 6.07) is 12.0. The average Bonchev–Trinajstić information content (AvgIpc) is 3.32. The van der Waals surface area contributed by atoms with Gasteiger partial charge in [-0.3, -0.25) is 19.2 Å². The van der Waals surface area contributed by atoms with Gasteiger partial charge >= 0.3 is 0 Å². The summed E-state index contributed by atoms with van der Waals surface area (Å²) in [5.41, 5.74) is 0.735. The number of hydrogen-bond donors (Lipinski definition) is 4. The molecule has 0 aliphatic carbocycles. The summed E-state index contributed by atoms with van der Waals surface area (Å²) in [6.45, 7) is 5.79. The number of carboxylic acid groups (broad SMARTS) is 1. The number of benzene rings is 2. The van der Waals surface area contributed by atoms with Crippen LogP contribution >= 0.6 is 0 Å². The molecular formula is C25H34N4O5. The summed E-state index contributed by atoms with van der Waals surface area (Å²) < 4.78 is 0. The van der Waals surface area contributed by atoms with E-state index in [9.17, 15) is 14.4 Å². The van der Waals surface area contributed by atoms with Crippen molar-refractivity contribution < 1.29 is 24.3 Å². The van der Waals surface area contributed by atoms with Crippen molar-refractivity contribution in [2.24, 2.45) is 5.92 Å². The third-order valence-corrected chi connectivity index (χ3v) is 5.94. The summed E-state index contributed by atoms with van der Waals surface area (Å²) in [6.07, 6.45) is 1.36. The summed E-state index contributed by atoms with van der Waals surface area (Å²) in [7, 11) is 1.70. The molecular weight excluding hydrogens is 436 g/mol. The van der Waals surface area contributed by atoms with Gasteiger partial charge < -0.3 is 26.0 Å². The molecule has 0 aromatic heterocycles. The van der Waals surface area contributed by atoms with Crippen molar-refractivity contribution in [1.29, 1.82) is 0 Å². The van der Waals surface area contributed by atoms with Crippen molar-refractivity contribution >= 4 is 40.7 Å². The van der Waals surface area contributed by atoms with Crippen LogP contribution < -0.4 is 16.0 Å². The third kappa shape index (κ3) is 6.54. The maximum atomic E-state index is 13.3. The predicted molar refractivity (Wildman–Crippen MR) is 131 cm³/mol. The molecule has 184 valence electrons. The molecule has 0 unspecified atom stereocenters. The van der Waals surface area contributed by atoms with Crippen molar-refractivity contribution in [3.63, 3.8) is 0 Å². The second-order valence-electron chi connectivity index (χ2n) is 8.55. The number of hydrogen-bond acceptors (Lipinski definition) is 5. The first-order chi connectivity index (χ1) is 16.2. The quantitative estimate of drug-likeness (QED) is 0.460. The number of likely N-dealkylation sites (N-methyl/N-ethyl adjacent to an activating group) is 1. The Balaban J connectivity index is 0.00000129. The van der Waals surface area contributed by atoms with Gasteiger partial charge in [0.05, 0.1) is 6.04 Å². The number of nitrogens with zero attached hydrogens (tertiary/aromatic N) is 1. The smallest absolute Gasteiger partial charge is 0.290 e. The number of nitrogens with one attached hydrogen (secondary N) is 3. The Morgan fingerprint density at radius 1 is 1.09 bits per heavy atom. The monoisotopic (exact) mass is 470 g/mol. The molecule has 1 saturated heterocycles. The van der Waals surface area contributed by atoms with Gasteiger partial charge in [0.1, 0.15) is 12.1 Å². The topological polar surface area (TPSA) is 128 Å². The van der Waals surface area contributed by atoms with Crippen molar-refractivity contribution in [3.8, 4) is 0 Å². The second kappa shape index (κ2) is 12.7. The van der Waals surface area contributed by atoms with Gasteiger partial charge in [-0.1, -0.05) is 50.2 Å². The van der Waals surface area contributed by atoms with E-state index >= 15 is 0 Å². The highest BCUT2D eigenvalue weighted by Gasteiger charge is 2.39. The zero-order valence-electron chi connectivity index (χ0n) is 20.1. The first kappa shape index (κ1) is 26.8. The third-order valence-electron chi connectivity index (χ3n) is 5.94. The minimum absolute atomic E-state index is 0.0946. The van der Waals surface area contributed by atoms with Gasteiger partial charge in [-0.25, -0.2) is 0 Å². The Morgan fingerprint density at radius 2 is 1.74 bits per heavy atom. The van der Waals surface area contributed by atoms with Crippen LogP contribution in [0.5, 0.6) is 0 Å². The Bertz CT molecular complexity index is 1000. The van der Waals surface area contributed by atoms with E-state index in [1.807, 2.05) is 56.3 Å². The summed E-state index contributed by atoms with van der Waals surface area (Å²) in [4.78, 5) is 48.8. The molecule has 3 atom stereocenters.